The van der Waals surface area contributed by atoms with Gasteiger partial charge in [0.05, 0.1) is 0 Å². The standard InChI is InChI=1S/C19H17N3O3/c1-2-17-18(24-12-23-17)9-14(1)19-15-11-22(8-5-16(15)25-21-19)10-13-3-6-20-7-4-13/h1-4,6-7,9H,5,8,10-12H2. The zero-order valence-corrected chi connectivity index (χ0v) is 13.6. The van der Waals surface area contributed by atoms with Crippen LogP contribution < -0.4 is 9.47 Å². The van der Waals surface area contributed by atoms with Crippen molar-refractivity contribution in [2.24, 2.45) is 0 Å². The van der Waals surface area contributed by atoms with Gasteiger partial charge >= 0.3 is 0 Å². The second-order valence-electron chi connectivity index (χ2n) is 6.32. The Morgan fingerprint density at radius 2 is 1.92 bits per heavy atom. The molecule has 0 atom stereocenters. The van der Waals surface area contributed by atoms with Crippen molar-refractivity contribution < 1.29 is 14.0 Å². The van der Waals surface area contributed by atoms with Crippen LogP contribution in [0.4, 0.5) is 0 Å². The van der Waals surface area contributed by atoms with Crippen LogP contribution >= 0.6 is 0 Å². The molecule has 0 bridgehead atoms. The third kappa shape index (κ3) is 2.64. The molecule has 0 unspecified atom stereocenters. The number of nitrogens with zero attached hydrogens (tertiary/aromatic N) is 3. The molecule has 1 aromatic carbocycles. The molecule has 6 nitrogen and oxygen atoms in total. The summed E-state index contributed by atoms with van der Waals surface area (Å²) in [6.07, 6.45) is 4.54. The van der Waals surface area contributed by atoms with Gasteiger partial charge in [0.1, 0.15) is 11.5 Å². The molecule has 5 rings (SSSR count). The van der Waals surface area contributed by atoms with E-state index in [1.165, 1.54) is 11.1 Å². The third-order valence-corrected chi connectivity index (χ3v) is 4.71. The largest absolute Gasteiger partial charge is 0.454 e. The van der Waals surface area contributed by atoms with Gasteiger partial charge in [-0.2, -0.15) is 0 Å². The number of rotatable bonds is 3. The SMILES string of the molecule is c1cc(CN2CCc3onc(-c4ccc5c(c4)OCO5)c3C2)ccn1. The lowest BCUT2D eigenvalue weighted by molar-refractivity contribution is 0.174. The number of aromatic nitrogens is 2. The van der Waals surface area contributed by atoms with Gasteiger partial charge < -0.3 is 14.0 Å². The first-order chi connectivity index (χ1) is 12.4. The normalized spacial score (nSPS) is 16.0. The Morgan fingerprint density at radius 1 is 1.04 bits per heavy atom. The number of pyridine rings is 1. The van der Waals surface area contributed by atoms with E-state index in [4.69, 9.17) is 14.0 Å². The topological polar surface area (TPSA) is 60.6 Å². The summed E-state index contributed by atoms with van der Waals surface area (Å²) < 4.78 is 16.5. The van der Waals surface area contributed by atoms with Crippen LogP contribution in [0.3, 0.4) is 0 Å². The minimum absolute atomic E-state index is 0.273. The van der Waals surface area contributed by atoms with Crippen molar-refractivity contribution in [1.82, 2.24) is 15.0 Å². The van der Waals surface area contributed by atoms with Crippen molar-refractivity contribution in [2.45, 2.75) is 19.5 Å². The van der Waals surface area contributed by atoms with E-state index < -0.39 is 0 Å². The molecule has 3 aromatic rings. The Labute approximate surface area is 145 Å². The highest BCUT2D eigenvalue weighted by Crippen LogP contribution is 2.38. The van der Waals surface area contributed by atoms with E-state index in [2.05, 4.69) is 27.2 Å². The average Bonchev–Trinajstić information content (AvgIpc) is 3.28. The van der Waals surface area contributed by atoms with E-state index in [9.17, 15) is 0 Å². The minimum Gasteiger partial charge on any atom is -0.454 e. The summed E-state index contributed by atoms with van der Waals surface area (Å²) in [6, 6.07) is 10.0. The van der Waals surface area contributed by atoms with E-state index in [0.29, 0.717) is 0 Å². The molecule has 0 radical (unpaired) electrons. The number of ether oxygens (including phenoxy) is 2. The number of hydrogen-bond donors (Lipinski definition) is 0. The van der Waals surface area contributed by atoms with Crippen molar-refractivity contribution in [3.63, 3.8) is 0 Å². The van der Waals surface area contributed by atoms with Crippen molar-refractivity contribution in [2.75, 3.05) is 13.3 Å². The van der Waals surface area contributed by atoms with Gasteiger partial charge in [-0.05, 0) is 35.9 Å². The minimum atomic E-state index is 0.273. The molecule has 4 heterocycles. The molecule has 0 amide bonds. The summed E-state index contributed by atoms with van der Waals surface area (Å²) in [7, 11) is 0. The molecule has 126 valence electrons. The molecular formula is C19H17N3O3. The zero-order valence-electron chi connectivity index (χ0n) is 13.6. The summed E-state index contributed by atoms with van der Waals surface area (Å²) in [6.45, 7) is 2.96. The first kappa shape index (κ1) is 14.5. The van der Waals surface area contributed by atoms with Crippen LogP contribution in [0.15, 0.2) is 47.2 Å². The molecule has 0 saturated heterocycles. The maximum atomic E-state index is 5.60. The van der Waals surface area contributed by atoms with Crippen molar-refractivity contribution >= 4 is 0 Å². The summed E-state index contributed by atoms with van der Waals surface area (Å²) in [5.74, 6) is 2.53. The maximum absolute atomic E-state index is 5.60. The predicted molar refractivity (Wildman–Crippen MR) is 90.1 cm³/mol. The Balaban J connectivity index is 1.43. The molecule has 2 aliphatic heterocycles. The monoisotopic (exact) mass is 335 g/mol. The van der Waals surface area contributed by atoms with Crippen LogP contribution in [0.2, 0.25) is 0 Å². The maximum Gasteiger partial charge on any atom is 0.231 e. The second-order valence-corrected chi connectivity index (χ2v) is 6.32. The smallest absolute Gasteiger partial charge is 0.231 e. The fourth-order valence-electron chi connectivity index (χ4n) is 3.42. The van der Waals surface area contributed by atoms with Gasteiger partial charge in [-0.25, -0.2) is 0 Å². The molecule has 0 N–H and O–H groups in total. The second kappa shape index (κ2) is 5.89. The Kier molecular flexibility index (Phi) is 3.41. The molecule has 0 spiro atoms. The van der Waals surface area contributed by atoms with E-state index >= 15 is 0 Å². The summed E-state index contributed by atoms with van der Waals surface area (Å²) >= 11 is 0. The van der Waals surface area contributed by atoms with Crippen LogP contribution in [-0.4, -0.2) is 28.4 Å². The van der Waals surface area contributed by atoms with Gasteiger partial charge in [-0.1, -0.05) is 5.16 Å². The van der Waals surface area contributed by atoms with Gasteiger partial charge in [0, 0.05) is 49.6 Å². The highest BCUT2D eigenvalue weighted by atomic mass is 16.7. The highest BCUT2D eigenvalue weighted by Gasteiger charge is 2.26. The average molecular weight is 335 g/mol. The fraction of sp³-hybridized carbons (Fsp3) is 0.263. The van der Waals surface area contributed by atoms with Crippen molar-refractivity contribution in [3.8, 4) is 22.8 Å². The van der Waals surface area contributed by atoms with Crippen molar-refractivity contribution in [1.29, 1.82) is 0 Å². The molecule has 0 saturated carbocycles. The van der Waals surface area contributed by atoms with Crippen molar-refractivity contribution in [3.05, 3.63) is 59.6 Å². The van der Waals surface area contributed by atoms with Crippen LogP contribution in [0.1, 0.15) is 16.9 Å². The first-order valence-corrected chi connectivity index (χ1v) is 8.35. The third-order valence-electron chi connectivity index (χ3n) is 4.71. The lowest BCUT2D eigenvalue weighted by Gasteiger charge is -2.26. The van der Waals surface area contributed by atoms with E-state index in [1.54, 1.807) is 0 Å². The van der Waals surface area contributed by atoms with Crippen LogP contribution in [0.25, 0.3) is 11.3 Å². The zero-order chi connectivity index (χ0) is 16.6. The summed E-state index contributed by atoms with van der Waals surface area (Å²) in [5, 5.41) is 4.33. The molecular weight excluding hydrogens is 318 g/mol. The van der Waals surface area contributed by atoms with Crippen LogP contribution in [0, 0.1) is 0 Å². The molecule has 2 aliphatic rings. The van der Waals surface area contributed by atoms with E-state index in [-0.39, 0.29) is 6.79 Å². The Bertz CT molecular complexity index is 908. The van der Waals surface area contributed by atoms with Gasteiger partial charge in [0.2, 0.25) is 6.79 Å². The van der Waals surface area contributed by atoms with Gasteiger partial charge in [-0.3, -0.25) is 9.88 Å². The van der Waals surface area contributed by atoms with Crippen LogP contribution in [-0.2, 0) is 19.5 Å². The molecule has 25 heavy (non-hydrogen) atoms. The number of fused-ring (bicyclic) bond motifs is 2. The van der Waals surface area contributed by atoms with Gasteiger partial charge in [0.15, 0.2) is 11.5 Å². The lowest BCUT2D eigenvalue weighted by Crippen LogP contribution is -2.29. The highest BCUT2D eigenvalue weighted by molar-refractivity contribution is 5.67. The molecule has 2 aromatic heterocycles. The van der Waals surface area contributed by atoms with Crippen LogP contribution in [0.5, 0.6) is 11.5 Å². The number of hydrogen-bond acceptors (Lipinski definition) is 6. The Hall–Kier alpha value is -2.86. The Morgan fingerprint density at radius 3 is 2.84 bits per heavy atom. The van der Waals surface area contributed by atoms with E-state index in [0.717, 1.165) is 54.6 Å². The van der Waals surface area contributed by atoms with Gasteiger partial charge in [-0.15, -0.1) is 0 Å². The quantitative estimate of drug-likeness (QED) is 0.733. The number of benzene rings is 1. The lowest BCUT2D eigenvalue weighted by atomic mass is 10.0. The fourth-order valence-corrected chi connectivity index (χ4v) is 3.42. The predicted octanol–water partition coefficient (Wildman–Crippen LogP) is 3.02. The summed E-state index contributed by atoms with van der Waals surface area (Å²) in [5.41, 5.74) is 4.33. The molecule has 0 fully saturated rings. The summed E-state index contributed by atoms with van der Waals surface area (Å²) in [4.78, 5) is 6.49. The first-order valence-electron chi connectivity index (χ1n) is 8.35. The van der Waals surface area contributed by atoms with Gasteiger partial charge in [0.25, 0.3) is 0 Å². The van der Waals surface area contributed by atoms with E-state index in [1.807, 2.05) is 30.6 Å². The molecule has 6 heteroatoms. The molecule has 0 aliphatic carbocycles.